The number of non-ortho nitro benzene ring substituents is 1. The molecule has 9 nitrogen and oxygen atoms in total. The molecule has 0 saturated carbocycles. The first kappa shape index (κ1) is 18.7. The molecule has 0 bridgehead atoms. The molecule has 2 rings (SSSR count). The van der Waals surface area contributed by atoms with Gasteiger partial charge in [0.1, 0.15) is 9.79 Å². The zero-order chi connectivity index (χ0) is 16.0. The monoisotopic (exact) mass is 359 g/mol. The maximum atomic E-state index is 11.3. The van der Waals surface area contributed by atoms with Crippen molar-refractivity contribution in [1.29, 1.82) is 0 Å². The van der Waals surface area contributed by atoms with Crippen LogP contribution in [0.1, 0.15) is 2.85 Å². The van der Waals surface area contributed by atoms with Crippen molar-refractivity contribution in [3.05, 3.63) is 40.4 Å². The van der Waals surface area contributed by atoms with Crippen molar-refractivity contribution < 1.29 is 33.7 Å². The second kappa shape index (κ2) is 6.06. The summed E-state index contributed by atoms with van der Waals surface area (Å²) in [6.45, 7) is 0. The zero-order valence-corrected chi connectivity index (χ0v) is 13.7. The van der Waals surface area contributed by atoms with Crippen LogP contribution in [0, 0.1) is 10.1 Å². The fourth-order valence-electron chi connectivity index (χ4n) is 1.85. The van der Waals surface area contributed by atoms with E-state index in [0.717, 1.165) is 24.3 Å². The Morgan fingerprint density at radius 3 is 1.95 bits per heavy atom. The van der Waals surface area contributed by atoms with Crippen molar-refractivity contribution in [2.24, 2.45) is 0 Å². The molecule has 0 radical (unpaired) electrons. The second-order valence-corrected chi connectivity index (χ2v) is 6.78. The average Bonchev–Trinajstić information content (AvgIpc) is 2.34. The summed E-state index contributed by atoms with van der Waals surface area (Å²) < 4.78 is 63.4. The maximum absolute atomic E-state index is 11.3. The van der Waals surface area contributed by atoms with Gasteiger partial charge in [0.05, 0.1) is 4.92 Å². The van der Waals surface area contributed by atoms with Gasteiger partial charge in [-0.1, -0.05) is 12.1 Å². The molecule has 0 heterocycles. The minimum atomic E-state index is -4.83. The number of benzene rings is 2. The Hall–Kier alpha value is -1.31. The van der Waals surface area contributed by atoms with Crippen LogP contribution in [0.15, 0.2) is 40.1 Å². The standard InChI is InChI=1S/C10H7NO8S2.Mg.2H/c12-11(13)6-4-8-7(10(5-6)21(17,18)19)2-1-3-9(8)20(14,15)16;;;/h1-5H,(H,14,15,16)(H,17,18,19);;;/q;+2;2*-1. The van der Waals surface area contributed by atoms with E-state index in [2.05, 4.69) is 0 Å². The van der Waals surface area contributed by atoms with Gasteiger partial charge in [-0.25, -0.2) is 0 Å². The van der Waals surface area contributed by atoms with Crippen LogP contribution in [0.2, 0.25) is 0 Å². The van der Waals surface area contributed by atoms with Crippen LogP contribution in [-0.2, 0) is 20.2 Å². The third-order valence-electron chi connectivity index (χ3n) is 2.67. The summed E-state index contributed by atoms with van der Waals surface area (Å²) in [5, 5.41) is 10.1. The first-order valence-corrected chi connectivity index (χ1v) is 8.06. The van der Waals surface area contributed by atoms with Gasteiger partial charge in [0.25, 0.3) is 25.9 Å². The van der Waals surface area contributed by atoms with Gasteiger partial charge >= 0.3 is 23.1 Å². The normalized spacial score (nSPS) is 11.9. The van der Waals surface area contributed by atoms with E-state index >= 15 is 0 Å². The molecule has 0 fully saturated rings. The Morgan fingerprint density at radius 1 is 0.955 bits per heavy atom. The van der Waals surface area contributed by atoms with Crippen molar-refractivity contribution in [2.45, 2.75) is 9.79 Å². The van der Waals surface area contributed by atoms with Crippen LogP contribution in [0.5, 0.6) is 0 Å². The molecule has 0 aliphatic heterocycles. The Morgan fingerprint density at radius 2 is 1.50 bits per heavy atom. The van der Waals surface area contributed by atoms with E-state index in [1.165, 1.54) is 0 Å². The van der Waals surface area contributed by atoms with Gasteiger partial charge in [-0.05, 0) is 6.07 Å². The van der Waals surface area contributed by atoms with Crippen LogP contribution >= 0.6 is 0 Å². The van der Waals surface area contributed by atoms with E-state index < -0.39 is 40.6 Å². The Balaban J connectivity index is 0. The van der Waals surface area contributed by atoms with Crippen molar-refractivity contribution in [2.75, 3.05) is 0 Å². The summed E-state index contributed by atoms with van der Waals surface area (Å²) in [4.78, 5) is 8.33. The van der Waals surface area contributed by atoms with Gasteiger partial charge in [-0.3, -0.25) is 19.2 Å². The van der Waals surface area contributed by atoms with Gasteiger partial charge in [-0.15, -0.1) is 0 Å². The zero-order valence-electron chi connectivity index (χ0n) is 12.7. The van der Waals surface area contributed by atoms with E-state index in [-0.39, 0.29) is 36.7 Å². The minimum absolute atomic E-state index is 0. The molecule has 2 aromatic rings. The molecular weight excluding hydrogens is 351 g/mol. The second-order valence-electron chi connectivity index (χ2n) is 4.00. The van der Waals surface area contributed by atoms with Crippen molar-refractivity contribution in [1.82, 2.24) is 0 Å². The van der Waals surface area contributed by atoms with Gasteiger partial charge in [-0.2, -0.15) is 16.8 Å². The molecule has 0 atom stereocenters. The van der Waals surface area contributed by atoms with Crippen LogP contribution in [-0.4, -0.2) is 53.9 Å². The van der Waals surface area contributed by atoms with E-state index in [0.29, 0.717) is 6.07 Å². The van der Waals surface area contributed by atoms with Gasteiger partial charge in [0.15, 0.2) is 0 Å². The summed E-state index contributed by atoms with van der Waals surface area (Å²) in [5.41, 5.74) is -0.744. The summed E-state index contributed by atoms with van der Waals surface area (Å²) in [6.07, 6.45) is 0. The number of rotatable bonds is 3. The summed E-state index contributed by atoms with van der Waals surface area (Å²) in [6, 6.07) is 4.64. The Kier molecular flexibility index (Phi) is 5.16. The molecule has 0 aromatic heterocycles. The quantitative estimate of drug-likeness (QED) is 0.357. The predicted molar refractivity (Wildman–Crippen MR) is 78.2 cm³/mol. The average molecular weight is 360 g/mol. The Labute approximate surface area is 143 Å². The number of fused-ring (bicyclic) bond motifs is 1. The third-order valence-corrected chi connectivity index (χ3v) is 4.47. The predicted octanol–water partition coefficient (Wildman–Crippen LogP) is 1.09. The fraction of sp³-hybridized carbons (Fsp3) is 0. The maximum Gasteiger partial charge on any atom is 2.00 e. The van der Waals surface area contributed by atoms with Gasteiger partial charge in [0, 0.05) is 22.9 Å². The molecule has 0 aliphatic carbocycles. The summed E-state index contributed by atoms with van der Waals surface area (Å²) >= 11 is 0. The van der Waals surface area contributed by atoms with Crippen LogP contribution < -0.4 is 0 Å². The van der Waals surface area contributed by atoms with Crippen molar-refractivity contribution in [3.8, 4) is 0 Å². The van der Waals surface area contributed by atoms with Gasteiger partial charge in [0.2, 0.25) is 0 Å². The molecular formula is C10H9MgNO8S2. The topological polar surface area (TPSA) is 152 Å². The van der Waals surface area contributed by atoms with E-state index in [1.54, 1.807) is 0 Å². The van der Waals surface area contributed by atoms with E-state index in [1.807, 2.05) is 0 Å². The number of nitro groups is 1. The SMILES string of the molecule is O=[N+]([O-])c1cc(S(=O)(=O)O)c2cccc(S(=O)(=O)O)c2c1.[H-].[H-].[Mg+2]. The van der Waals surface area contributed by atoms with E-state index in [4.69, 9.17) is 9.11 Å². The largest absolute Gasteiger partial charge is 2.00 e. The Bertz CT molecular complexity index is 978. The molecule has 0 amide bonds. The minimum Gasteiger partial charge on any atom is -1.00 e. The molecule has 12 heteroatoms. The van der Waals surface area contributed by atoms with Crippen LogP contribution in [0.3, 0.4) is 0 Å². The fourth-order valence-corrected chi connectivity index (χ4v) is 3.28. The molecule has 0 saturated heterocycles. The summed E-state index contributed by atoms with van der Waals surface area (Å²) in [7, 11) is -9.56. The van der Waals surface area contributed by atoms with Crippen LogP contribution in [0.4, 0.5) is 5.69 Å². The van der Waals surface area contributed by atoms with Gasteiger partial charge < -0.3 is 2.85 Å². The molecule has 2 aromatic carbocycles. The smallest absolute Gasteiger partial charge is 1.00 e. The van der Waals surface area contributed by atoms with Crippen molar-refractivity contribution in [3.63, 3.8) is 0 Å². The summed E-state index contributed by atoms with van der Waals surface area (Å²) in [5.74, 6) is 0. The molecule has 116 valence electrons. The first-order valence-electron chi connectivity index (χ1n) is 5.18. The molecule has 0 spiro atoms. The van der Waals surface area contributed by atoms with Crippen LogP contribution in [0.25, 0.3) is 10.8 Å². The molecule has 0 aliphatic rings. The molecule has 2 N–H and O–H groups in total. The molecule has 22 heavy (non-hydrogen) atoms. The number of hydrogen-bond donors (Lipinski definition) is 2. The van der Waals surface area contributed by atoms with E-state index in [9.17, 15) is 26.9 Å². The number of nitro benzene ring substituents is 1. The van der Waals surface area contributed by atoms with Crippen molar-refractivity contribution >= 4 is 59.7 Å². The first-order chi connectivity index (χ1) is 9.51. The number of nitrogens with zero attached hydrogens (tertiary/aromatic N) is 1. The number of hydrogen-bond acceptors (Lipinski definition) is 6. The third kappa shape index (κ3) is 3.53. The molecule has 0 unspecified atom stereocenters.